The fourth-order valence-electron chi connectivity index (χ4n) is 6.35. The molecule has 2 aliphatic rings. The highest BCUT2D eigenvalue weighted by atomic mass is 32.2. The lowest BCUT2D eigenvalue weighted by molar-refractivity contribution is -0.0351. The highest BCUT2D eigenvalue weighted by Gasteiger charge is 2.42. The highest BCUT2D eigenvalue weighted by molar-refractivity contribution is 7.89. The Balaban J connectivity index is 1.39. The van der Waals surface area contributed by atoms with E-state index in [2.05, 4.69) is 11.0 Å². The summed E-state index contributed by atoms with van der Waals surface area (Å²) < 4.78 is 57.8. The second-order valence-corrected chi connectivity index (χ2v) is 14.2. The molecule has 3 atom stereocenters. The molecule has 0 bridgehead atoms. The van der Waals surface area contributed by atoms with Crippen LogP contribution in [0.3, 0.4) is 0 Å². The molecule has 47 heavy (non-hydrogen) atoms. The standard InChI is InChI=1S/C36H48N2O8S/c1-27-5-12-32(13-6-27)47(40,41)38-22-31(24-39)36(30-10-7-28(8-11-30)25-44-20-19-43-3)35(23-38)46-26-29-9-14-34-33(21-29)37(16-18-45-34)15-4-17-42-2/h5-14,21,31,35-36,39H,4,15-20,22-26H2,1-3H3/t31-,35-,36-/m0/s1. The Morgan fingerprint density at radius 1 is 0.894 bits per heavy atom. The number of sulfonamides is 1. The van der Waals surface area contributed by atoms with Crippen LogP contribution in [0.4, 0.5) is 5.69 Å². The third-order valence-electron chi connectivity index (χ3n) is 8.91. The Morgan fingerprint density at radius 3 is 2.36 bits per heavy atom. The van der Waals surface area contributed by atoms with Gasteiger partial charge < -0.3 is 33.7 Å². The van der Waals surface area contributed by atoms with Crippen LogP contribution in [0.1, 0.15) is 34.6 Å². The van der Waals surface area contributed by atoms with E-state index in [0.29, 0.717) is 33.0 Å². The van der Waals surface area contributed by atoms with Crippen LogP contribution in [-0.4, -0.2) is 97.4 Å². The first-order valence-corrected chi connectivity index (χ1v) is 17.7. The minimum absolute atomic E-state index is 0.163. The zero-order chi connectivity index (χ0) is 33.2. The van der Waals surface area contributed by atoms with Gasteiger partial charge >= 0.3 is 0 Å². The molecule has 11 heteroatoms. The van der Waals surface area contributed by atoms with E-state index in [9.17, 15) is 13.5 Å². The maximum Gasteiger partial charge on any atom is 0.243 e. The van der Waals surface area contributed by atoms with E-state index in [1.165, 1.54) is 4.31 Å². The van der Waals surface area contributed by atoms with Crippen molar-refractivity contribution in [3.05, 3.63) is 89.0 Å². The fraction of sp³-hybridized carbons (Fsp3) is 0.500. The molecule has 2 aliphatic heterocycles. The average molecular weight is 669 g/mol. The predicted octanol–water partition coefficient (Wildman–Crippen LogP) is 4.38. The van der Waals surface area contributed by atoms with E-state index in [0.717, 1.165) is 53.2 Å². The van der Waals surface area contributed by atoms with Gasteiger partial charge in [-0.05, 0) is 54.3 Å². The first kappa shape index (κ1) is 35.3. The zero-order valence-corrected chi connectivity index (χ0v) is 28.5. The van der Waals surface area contributed by atoms with Crippen molar-refractivity contribution in [1.29, 1.82) is 0 Å². The zero-order valence-electron chi connectivity index (χ0n) is 27.7. The van der Waals surface area contributed by atoms with Crippen LogP contribution >= 0.6 is 0 Å². The third-order valence-corrected chi connectivity index (χ3v) is 10.8. The number of aryl methyl sites for hydroxylation is 1. The lowest BCUT2D eigenvalue weighted by Gasteiger charge is -2.42. The van der Waals surface area contributed by atoms with E-state index in [1.54, 1.807) is 38.5 Å². The number of fused-ring (bicyclic) bond motifs is 1. The minimum Gasteiger partial charge on any atom is -0.490 e. The third kappa shape index (κ3) is 8.91. The Hall–Kier alpha value is -3.03. The average Bonchev–Trinajstić information content (AvgIpc) is 3.09. The van der Waals surface area contributed by atoms with Gasteiger partial charge in [0.25, 0.3) is 0 Å². The summed E-state index contributed by atoms with van der Waals surface area (Å²) in [6.45, 7) is 6.85. The van der Waals surface area contributed by atoms with Gasteiger partial charge in [-0.15, -0.1) is 0 Å². The molecule has 0 unspecified atom stereocenters. The van der Waals surface area contributed by atoms with Crippen molar-refractivity contribution in [3.8, 4) is 5.75 Å². The molecular formula is C36H48N2O8S. The topological polar surface area (TPSA) is 107 Å². The lowest BCUT2D eigenvalue weighted by Crippen LogP contribution is -2.52. The maximum atomic E-state index is 13.9. The highest BCUT2D eigenvalue weighted by Crippen LogP contribution is 2.38. The number of hydrogen-bond donors (Lipinski definition) is 1. The number of anilines is 1. The van der Waals surface area contributed by atoms with E-state index >= 15 is 0 Å². The summed E-state index contributed by atoms with van der Waals surface area (Å²) in [4.78, 5) is 2.54. The summed E-state index contributed by atoms with van der Waals surface area (Å²) in [5, 5.41) is 10.7. The van der Waals surface area contributed by atoms with E-state index in [1.807, 2.05) is 43.3 Å². The second-order valence-electron chi connectivity index (χ2n) is 12.2. The quantitative estimate of drug-likeness (QED) is 0.223. The molecule has 256 valence electrons. The Kier molecular flexibility index (Phi) is 12.7. The van der Waals surface area contributed by atoms with Gasteiger partial charge in [-0.3, -0.25) is 0 Å². The normalized spacial score (nSPS) is 20.2. The summed E-state index contributed by atoms with van der Waals surface area (Å²) in [6, 6.07) is 21.1. The van der Waals surface area contributed by atoms with E-state index in [-0.39, 0.29) is 43.0 Å². The van der Waals surface area contributed by atoms with Gasteiger partial charge in [-0.25, -0.2) is 8.42 Å². The summed E-state index contributed by atoms with van der Waals surface area (Å²) in [6.07, 6.45) is 0.404. The molecule has 1 fully saturated rings. The molecule has 2 heterocycles. The molecule has 3 aromatic carbocycles. The first-order valence-electron chi connectivity index (χ1n) is 16.3. The van der Waals surface area contributed by atoms with Crippen LogP contribution in [0.15, 0.2) is 71.6 Å². The molecule has 1 saturated heterocycles. The lowest BCUT2D eigenvalue weighted by atomic mass is 9.79. The molecule has 3 aromatic rings. The molecule has 0 aliphatic carbocycles. The summed E-state index contributed by atoms with van der Waals surface area (Å²) in [5.74, 6) is 0.250. The predicted molar refractivity (Wildman–Crippen MR) is 180 cm³/mol. The number of rotatable bonds is 16. The molecule has 0 amide bonds. The van der Waals surface area contributed by atoms with Crippen molar-refractivity contribution in [2.45, 2.75) is 43.5 Å². The maximum absolute atomic E-state index is 13.9. The minimum atomic E-state index is -3.81. The largest absolute Gasteiger partial charge is 0.490 e. The Morgan fingerprint density at radius 2 is 1.64 bits per heavy atom. The Labute approximate surface area is 279 Å². The van der Waals surface area contributed by atoms with E-state index in [4.69, 9.17) is 23.7 Å². The number of hydrogen-bond acceptors (Lipinski definition) is 9. The molecule has 0 saturated carbocycles. The molecule has 1 N–H and O–H groups in total. The van der Waals surface area contributed by atoms with Gasteiger partial charge in [-0.2, -0.15) is 4.31 Å². The van der Waals surface area contributed by atoms with Crippen LogP contribution in [-0.2, 0) is 42.2 Å². The van der Waals surface area contributed by atoms with Gasteiger partial charge in [0, 0.05) is 58.9 Å². The smallest absolute Gasteiger partial charge is 0.243 e. The number of nitrogens with zero attached hydrogens (tertiary/aromatic N) is 2. The number of aliphatic hydroxyl groups excluding tert-OH is 1. The molecule has 0 aromatic heterocycles. The number of aliphatic hydroxyl groups is 1. The van der Waals surface area contributed by atoms with Crippen molar-refractivity contribution < 1.29 is 37.2 Å². The summed E-state index contributed by atoms with van der Waals surface area (Å²) >= 11 is 0. The van der Waals surface area contributed by atoms with Crippen LogP contribution in [0.5, 0.6) is 5.75 Å². The monoisotopic (exact) mass is 668 g/mol. The first-order chi connectivity index (χ1) is 22.8. The van der Waals surface area contributed by atoms with Crippen LogP contribution in [0.2, 0.25) is 0 Å². The van der Waals surface area contributed by atoms with Crippen molar-refractivity contribution in [1.82, 2.24) is 4.31 Å². The fourth-order valence-corrected chi connectivity index (χ4v) is 7.86. The van der Waals surface area contributed by atoms with Crippen LogP contribution < -0.4 is 9.64 Å². The van der Waals surface area contributed by atoms with Crippen LogP contribution in [0.25, 0.3) is 0 Å². The molecule has 0 spiro atoms. The Bertz CT molecular complexity index is 1520. The van der Waals surface area contributed by atoms with Gasteiger partial charge in [0.05, 0.1) is 49.7 Å². The van der Waals surface area contributed by atoms with Gasteiger partial charge in [0.2, 0.25) is 10.0 Å². The van der Waals surface area contributed by atoms with E-state index < -0.39 is 16.1 Å². The van der Waals surface area contributed by atoms with Crippen molar-refractivity contribution in [3.63, 3.8) is 0 Å². The van der Waals surface area contributed by atoms with Crippen molar-refractivity contribution in [2.75, 3.05) is 78.3 Å². The van der Waals surface area contributed by atoms with Crippen LogP contribution in [0, 0.1) is 12.8 Å². The number of benzene rings is 3. The van der Waals surface area contributed by atoms with Crippen molar-refractivity contribution in [2.24, 2.45) is 5.92 Å². The number of methoxy groups -OCH3 is 2. The molecular weight excluding hydrogens is 620 g/mol. The van der Waals surface area contributed by atoms with Gasteiger partial charge in [0.15, 0.2) is 0 Å². The molecule has 0 radical (unpaired) electrons. The molecule has 5 rings (SSSR count). The van der Waals surface area contributed by atoms with Gasteiger partial charge in [0.1, 0.15) is 12.4 Å². The van der Waals surface area contributed by atoms with Crippen molar-refractivity contribution >= 4 is 15.7 Å². The summed E-state index contributed by atoms with van der Waals surface area (Å²) in [5.41, 5.74) is 4.98. The number of piperidine rings is 1. The number of ether oxygens (including phenoxy) is 5. The second kappa shape index (κ2) is 16.9. The molecule has 10 nitrogen and oxygen atoms in total. The van der Waals surface area contributed by atoms with Gasteiger partial charge in [-0.1, -0.05) is 48.0 Å². The SMILES string of the molecule is COCCCN1CCOc2ccc(CO[C@H]3CN(S(=O)(=O)c4ccc(C)cc4)C[C@@H](CO)[C@@H]3c3ccc(COCCOC)cc3)cc21. The summed E-state index contributed by atoms with van der Waals surface area (Å²) in [7, 11) is -0.459.